The Hall–Kier alpha value is -2.47. The maximum Gasteiger partial charge on any atom is 0.228 e. The SMILES string of the molecule is CCc1c(C(=O)c2ccc(S(C)(=O)=O)cc2)oc2ccc(F)cc12. The number of hydrogen-bond acceptors (Lipinski definition) is 4. The van der Waals surface area contributed by atoms with E-state index in [2.05, 4.69) is 0 Å². The number of carbonyl (C=O) groups is 1. The largest absolute Gasteiger partial charge is 0.452 e. The summed E-state index contributed by atoms with van der Waals surface area (Å²) in [5.41, 5.74) is 1.41. The molecule has 0 fully saturated rings. The molecule has 0 N–H and O–H groups in total. The Labute approximate surface area is 138 Å². The topological polar surface area (TPSA) is 64.3 Å². The molecule has 3 rings (SSSR count). The molecule has 0 amide bonds. The number of rotatable bonds is 4. The maximum absolute atomic E-state index is 13.5. The van der Waals surface area contributed by atoms with Crippen molar-refractivity contribution in [2.75, 3.05) is 6.26 Å². The summed E-state index contributed by atoms with van der Waals surface area (Å²) in [6, 6.07) is 9.79. The van der Waals surface area contributed by atoms with Gasteiger partial charge in [-0.25, -0.2) is 12.8 Å². The fraction of sp³-hybridized carbons (Fsp3) is 0.167. The molecule has 1 aromatic heterocycles. The van der Waals surface area contributed by atoms with Crippen LogP contribution >= 0.6 is 0 Å². The van der Waals surface area contributed by atoms with Crippen molar-refractivity contribution in [3.8, 4) is 0 Å². The average Bonchev–Trinajstić information content (AvgIpc) is 2.91. The standard InChI is InChI=1S/C18H15FO4S/c1-3-14-15-10-12(19)6-9-16(15)23-18(14)17(20)11-4-7-13(8-5-11)24(2,21)22/h4-10H,3H2,1-2H3. The molecule has 6 heteroatoms. The van der Waals surface area contributed by atoms with Gasteiger partial charge in [0.05, 0.1) is 4.90 Å². The highest BCUT2D eigenvalue weighted by atomic mass is 32.2. The zero-order valence-corrected chi connectivity index (χ0v) is 14.0. The van der Waals surface area contributed by atoms with Crippen LogP contribution in [0, 0.1) is 5.82 Å². The molecule has 0 saturated heterocycles. The van der Waals surface area contributed by atoms with E-state index in [9.17, 15) is 17.6 Å². The van der Waals surface area contributed by atoms with Crippen LogP contribution in [-0.4, -0.2) is 20.5 Å². The molecule has 24 heavy (non-hydrogen) atoms. The van der Waals surface area contributed by atoms with Crippen LogP contribution in [0.25, 0.3) is 11.0 Å². The van der Waals surface area contributed by atoms with E-state index in [1.807, 2.05) is 6.92 Å². The molecular formula is C18H15FO4S. The summed E-state index contributed by atoms with van der Waals surface area (Å²) >= 11 is 0. The van der Waals surface area contributed by atoms with Crippen molar-refractivity contribution in [2.45, 2.75) is 18.2 Å². The molecule has 0 spiro atoms. The molecule has 3 aromatic rings. The molecule has 0 aliphatic heterocycles. The lowest BCUT2D eigenvalue weighted by Gasteiger charge is -2.02. The van der Waals surface area contributed by atoms with Crippen molar-refractivity contribution < 1.29 is 22.0 Å². The molecule has 0 unspecified atom stereocenters. The van der Waals surface area contributed by atoms with Crippen LogP contribution in [0.2, 0.25) is 0 Å². The predicted molar refractivity (Wildman–Crippen MR) is 88.5 cm³/mol. The number of aryl methyl sites for hydroxylation is 1. The fourth-order valence-corrected chi connectivity index (χ4v) is 3.27. The monoisotopic (exact) mass is 346 g/mol. The van der Waals surface area contributed by atoms with Crippen LogP contribution in [0.15, 0.2) is 51.8 Å². The first kappa shape index (κ1) is 16.4. The molecule has 0 aliphatic carbocycles. The fourth-order valence-electron chi connectivity index (χ4n) is 2.64. The van der Waals surface area contributed by atoms with Crippen molar-refractivity contribution in [1.29, 1.82) is 0 Å². The van der Waals surface area contributed by atoms with E-state index in [-0.39, 0.29) is 16.4 Å². The van der Waals surface area contributed by atoms with Gasteiger partial charge in [0.15, 0.2) is 15.6 Å². The van der Waals surface area contributed by atoms with Gasteiger partial charge >= 0.3 is 0 Å². The van der Waals surface area contributed by atoms with E-state index < -0.39 is 15.7 Å². The second kappa shape index (κ2) is 5.87. The van der Waals surface area contributed by atoms with E-state index in [0.717, 1.165) is 6.26 Å². The molecular weight excluding hydrogens is 331 g/mol. The van der Waals surface area contributed by atoms with Crippen molar-refractivity contribution in [3.63, 3.8) is 0 Å². The minimum absolute atomic E-state index is 0.140. The van der Waals surface area contributed by atoms with Gasteiger partial charge in [-0.05, 0) is 48.9 Å². The third-order valence-corrected chi connectivity index (χ3v) is 4.99. The summed E-state index contributed by atoms with van der Waals surface area (Å²) in [5.74, 6) is -0.594. The Morgan fingerprint density at radius 2 is 1.79 bits per heavy atom. The molecule has 0 aliphatic rings. The summed E-state index contributed by atoms with van der Waals surface area (Å²) in [6.07, 6.45) is 1.62. The molecule has 0 bridgehead atoms. The molecule has 4 nitrogen and oxygen atoms in total. The van der Waals surface area contributed by atoms with Gasteiger partial charge in [-0.15, -0.1) is 0 Å². The smallest absolute Gasteiger partial charge is 0.228 e. The molecule has 124 valence electrons. The number of halogens is 1. The van der Waals surface area contributed by atoms with Crippen molar-refractivity contribution >= 4 is 26.6 Å². The third kappa shape index (κ3) is 2.85. The number of furan rings is 1. The highest BCUT2D eigenvalue weighted by Crippen LogP contribution is 2.29. The quantitative estimate of drug-likeness (QED) is 0.675. The average molecular weight is 346 g/mol. The van der Waals surface area contributed by atoms with E-state index in [1.54, 1.807) is 0 Å². The van der Waals surface area contributed by atoms with Crippen LogP contribution in [0.4, 0.5) is 4.39 Å². The lowest BCUT2D eigenvalue weighted by Crippen LogP contribution is -2.04. The lowest BCUT2D eigenvalue weighted by molar-refractivity contribution is 0.101. The first-order valence-corrected chi connectivity index (χ1v) is 9.26. The van der Waals surface area contributed by atoms with Crippen molar-refractivity contribution in [1.82, 2.24) is 0 Å². The van der Waals surface area contributed by atoms with Crippen LogP contribution in [-0.2, 0) is 16.3 Å². The molecule has 0 radical (unpaired) electrons. The Balaban J connectivity index is 2.08. The van der Waals surface area contributed by atoms with Crippen LogP contribution in [0.5, 0.6) is 0 Å². The summed E-state index contributed by atoms with van der Waals surface area (Å²) in [5, 5.41) is 0.577. The molecule has 0 saturated carbocycles. The minimum Gasteiger partial charge on any atom is -0.452 e. The maximum atomic E-state index is 13.5. The highest BCUT2D eigenvalue weighted by molar-refractivity contribution is 7.90. The first-order chi connectivity index (χ1) is 11.3. The lowest BCUT2D eigenvalue weighted by atomic mass is 10.0. The van der Waals surface area contributed by atoms with Gasteiger partial charge in [0.2, 0.25) is 5.78 Å². The zero-order valence-electron chi connectivity index (χ0n) is 13.2. The van der Waals surface area contributed by atoms with Gasteiger partial charge in [0.25, 0.3) is 0 Å². The minimum atomic E-state index is -3.32. The van der Waals surface area contributed by atoms with Crippen LogP contribution in [0.3, 0.4) is 0 Å². The first-order valence-electron chi connectivity index (χ1n) is 7.37. The zero-order chi connectivity index (χ0) is 17.5. The van der Waals surface area contributed by atoms with Gasteiger partial charge in [-0.2, -0.15) is 0 Å². The van der Waals surface area contributed by atoms with Gasteiger partial charge in [0.1, 0.15) is 11.4 Å². The summed E-state index contributed by atoms with van der Waals surface area (Å²) < 4.78 is 42.1. The third-order valence-electron chi connectivity index (χ3n) is 3.86. The molecule has 2 aromatic carbocycles. The number of hydrogen-bond donors (Lipinski definition) is 0. The number of sulfone groups is 1. The van der Waals surface area contributed by atoms with Gasteiger partial charge < -0.3 is 4.42 Å². The van der Waals surface area contributed by atoms with Gasteiger partial charge in [-0.1, -0.05) is 6.92 Å². The van der Waals surface area contributed by atoms with Gasteiger partial charge in [0, 0.05) is 22.8 Å². The van der Waals surface area contributed by atoms with Crippen molar-refractivity contribution in [2.24, 2.45) is 0 Å². The number of ketones is 1. The Morgan fingerprint density at radius 1 is 1.12 bits per heavy atom. The van der Waals surface area contributed by atoms with E-state index in [1.165, 1.54) is 42.5 Å². The van der Waals surface area contributed by atoms with E-state index in [0.29, 0.717) is 28.5 Å². The second-order valence-corrected chi connectivity index (χ2v) is 7.55. The van der Waals surface area contributed by atoms with E-state index in [4.69, 9.17) is 4.42 Å². The highest BCUT2D eigenvalue weighted by Gasteiger charge is 2.21. The summed E-state index contributed by atoms with van der Waals surface area (Å²) in [7, 11) is -3.32. The van der Waals surface area contributed by atoms with Crippen LogP contribution < -0.4 is 0 Å². The van der Waals surface area contributed by atoms with Crippen LogP contribution in [0.1, 0.15) is 28.6 Å². The van der Waals surface area contributed by atoms with Gasteiger partial charge in [-0.3, -0.25) is 4.79 Å². The summed E-state index contributed by atoms with van der Waals surface area (Å²) in [6.45, 7) is 1.86. The number of carbonyl (C=O) groups excluding carboxylic acids is 1. The number of benzene rings is 2. The number of fused-ring (bicyclic) bond motifs is 1. The van der Waals surface area contributed by atoms with Crippen molar-refractivity contribution in [3.05, 3.63) is 65.2 Å². The molecule has 0 atom stereocenters. The summed E-state index contributed by atoms with van der Waals surface area (Å²) in [4.78, 5) is 12.8. The second-order valence-electron chi connectivity index (χ2n) is 5.53. The normalized spacial score (nSPS) is 11.8. The Morgan fingerprint density at radius 3 is 2.38 bits per heavy atom. The van der Waals surface area contributed by atoms with E-state index >= 15 is 0 Å². The predicted octanol–water partition coefficient (Wildman–Crippen LogP) is 3.77. The Bertz CT molecular complexity index is 1030. The molecule has 1 heterocycles. The Kier molecular flexibility index (Phi) is 4.01.